The second kappa shape index (κ2) is 11.4. The average Bonchev–Trinajstić information content (AvgIpc) is 3.14. The summed E-state index contributed by atoms with van der Waals surface area (Å²) in [6.07, 6.45) is 8.44. The van der Waals surface area contributed by atoms with Gasteiger partial charge in [0.05, 0.1) is 17.3 Å². The van der Waals surface area contributed by atoms with Crippen LogP contribution in [0.3, 0.4) is 0 Å². The van der Waals surface area contributed by atoms with Gasteiger partial charge in [-0.05, 0) is 55.2 Å². The van der Waals surface area contributed by atoms with Crippen LogP contribution in [0.5, 0.6) is 5.75 Å². The van der Waals surface area contributed by atoms with Gasteiger partial charge in [-0.2, -0.15) is 0 Å². The van der Waals surface area contributed by atoms with Crippen LogP contribution in [0.15, 0.2) is 48.7 Å². The highest BCUT2D eigenvalue weighted by Gasteiger charge is 2.13. The molecule has 0 bridgehead atoms. The van der Waals surface area contributed by atoms with Gasteiger partial charge in [-0.3, -0.25) is 0 Å². The van der Waals surface area contributed by atoms with E-state index in [2.05, 4.69) is 48.9 Å². The van der Waals surface area contributed by atoms with Crippen molar-refractivity contribution >= 4 is 23.2 Å². The first kappa shape index (κ1) is 22.7. The molecule has 0 spiro atoms. The zero-order valence-corrected chi connectivity index (χ0v) is 19.3. The molecule has 0 radical (unpaired) electrons. The molecule has 160 valence electrons. The smallest absolute Gasteiger partial charge is 0.119 e. The highest BCUT2D eigenvalue weighted by molar-refractivity contribution is 6.36. The van der Waals surface area contributed by atoms with E-state index in [1.807, 2.05) is 12.1 Å². The fourth-order valence-corrected chi connectivity index (χ4v) is 3.85. The Morgan fingerprint density at radius 2 is 1.70 bits per heavy atom. The first-order valence-electron chi connectivity index (χ1n) is 10.8. The predicted molar refractivity (Wildman–Crippen MR) is 127 cm³/mol. The highest BCUT2D eigenvalue weighted by atomic mass is 35.5. The van der Waals surface area contributed by atoms with Gasteiger partial charge in [0.2, 0.25) is 0 Å². The zero-order chi connectivity index (χ0) is 21.3. The number of aromatic nitrogens is 2. The summed E-state index contributed by atoms with van der Waals surface area (Å²) in [4.78, 5) is 4.92. The van der Waals surface area contributed by atoms with Gasteiger partial charge in [0.15, 0.2) is 0 Å². The zero-order valence-electron chi connectivity index (χ0n) is 17.8. The molecule has 3 aromatic rings. The summed E-state index contributed by atoms with van der Waals surface area (Å²) in [6.45, 7) is 6.12. The number of ether oxygens (including phenoxy) is 1. The number of imidazole rings is 1. The van der Waals surface area contributed by atoms with Crippen LogP contribution in [0.4, 0.5) is 0 Å². The third-order valence-corrected chi connectivity index (χ3v) is 5.69. The van der Waals surface area contributed by atoms with Crippen molar-refractivity contribution in [2.75, 3.05) is 6.61 Å². The van der Waals surface area contributed by atoms with Crippen molar-refractivity contribution in [1.29, 1.82) is 0 Å². The lowest BCUT2D eigenvalue weighted by molar-refractivity contribution is 0.309. The van der Waals surface area contributed by atoms with E-state index in [0.717, 1.165) is 74.5 Å². The molecule has 0 fully saturated rings. The average molecular weight is 445 g/mol. The van der Waals surface area contributed by atoms with Crippen molar-refractivity contribution < 1.29 is 4.74 Å². The lowest BCUT2D eigenvalue weighted by Gasteiger charge is -2.08. The molecule has 30 heavy (non-hydrogen) atoms. The van der Waals surface area contributed by atoms with Crippen molar-refractivity contribution in [3.05, 3.63) is 70.1 Å². The molecule has 3 nitrogen and oxygen atoms in total. The fraction of sp³-hybridized carbons (Fsp3) is 0.400. The van der Waals surface area contributed by atoms with E-state index in [9.17, 15) is 0 Å². The SMILES string of the molecule is CCCCOc1ccc(CCc2nc(-c3ccc(Cl)cc3Cl)cn2CCCC)cc1. The molecule has 1 heterocycles. The van der Waals surface area contributed by atoms with Crippen molar-refractivity contribution in [3.63, 3.8) is 0 Å². The second-order valence-corrected chi connectivity index (χ2v) is 8.40. The summed E-state index contributed by atoms with van der Waals surface area (Å²) in [7, 11) is 0. The van der Waals surface area contributed by atoms with Gasteiger partial charge in [-0.25, -0.2) is 4.98 Å². The van der Waals surface area contributed by atoms with Crippen LogP contribution >= 0.6 is 23.2 Å². The maximum Gasteiger partial charge on any atom is 0.119 e. The molecule has 0 aliphatic rings. The largest absolute Gasteiger partial charge is 0.494 e. The summed E-state index contributed by atoms with van der Waals surface area (Å²) in [5, 5.41) is 1.27. The highest BCUT2D eigenvalue weighted by Crippen LogP contribution is 2.30. The van der Waals surface area contributed by atoms with Crippen LogP contribution in [0.1, 0.15) is 50.9 Å². The number of aryl methyl sites for hydroxylation is 3. The normalized spacial score (nSPS) is 11.1. The Balaban J connectivity index is 1.71. The number of unbranched alkanes of at least 4 members (excludes halogenated alkanes) is 2. The van der Waals surface area contributed by atoms with E-state index < -0.39 is 0 Å². The molecule has 0 aliphatic carbocycles. The third kappa shape index (κ3) is 6.26. The molecular weight excluding hydrogens is 415 g/mol. The van der Waals surface area contributed by atoms with Crippen LogP contribution in [0, 0.1) is 0 Å². The molecule has 0 amide bonds. The Hall–Kier alpha value is -1.97. The molecule has 5 heteroatoms. The number of rotatable bonds is 11. The Bertz CT molecular complexity index is 935. The first-order valence-corrected chi connectivity index (χ1v) is 11.6. The van der Waals surface area contributed by atoms with Gasteiger partial charge in [0.1, 0.15) is 11.6 Å². The summed E-state index contributed by atoms with van der Waals surface area (Å²) in [6, 6.07) is 14.0. The van der Waals surface area contributed by atoms with Gasteiger partial charge in [-0.1, -0.05) is 62.0 Å². The molecule has 2 aromatic carbocycles. The maximum absolute atomic E-state index is 6.42. The van der Waals surface area contributed by atoms with E-state index in [-0.39, 0.29) is 0 Å². The van der Waals surface area contributed by atoms with Crippen LogP contribution in [-0.2, 0) is 19.4 Å². The Kier molecular flexibility index (Phi) is 8.65. The Morgan fingerprint density at radius 1 is 0.933 bits per heavy atom. The van der Waals surface area contributed by atoms with Crippen molar-refractivity contribution in [2.24, 2.45) is 0 Å². The van der Waals surface area contributed by atoms with Crippen molar-refractivity contribution in [3.8, 4) is 17.0 Å². The number of hydrogen-bond donors (Lipinski definition) is 0. The monoisotopic (exact) mass is 444 g/mol. The number of halogens is 2. The van der Waals surface area contributed by atoms with E-state index in [1.165, 1.54) is 5.56 Å². The minimum Gasteiger partial charge on any atom is -0.494 e. The van der Waals surface area contributed by atoms with Crippen LogP contribution in [-0.4, -0.2) is 16.2 Å². The molecule has 0 aliphatic heterocycles. The van der Waals surface area contributed by atoms with Gasteiger partial charge in [0, 0.05) is 29.7 Å². The van der Waals surface area contributed by atoms with Crippen molar-refractivity contribution in [1.82, 2.24) is 9.55 Å². The molecule has 0 unspecified atom stereocenters. The van der Waals surface area contributed by atoms with E-state index in [1.54, 1.807) is 6.07 Å². The number of benzene rings is 2. The minimum atomic E-state index is 0.632. The molecule has 0 saturated carbocycles. The molecular formula is C25H30Cl2N2O. The summed E-state index contributed by atoms with van der Waals surface area (Å²) in [5.74, 6) is 2.03. The van der Waals surface area contributed by atoms with Gasteiger partial charge < -0.3 is 9.30 Å². The third-order valence-electron chi connectivity index (χ3n) is 5.15. The topological polar surface area (TPSA) is 27.1 Å². The van der Waals surface area contributed by atoms with Crippen LogP contribution in [0.2, 0.25) is 10.0 Å². The van der Waals surface area contributed by atoms with E-state index in [4.69, 9.17) is 32.9 Å². The molecule has 0 atom stereocenters. The quantitative estimate of drug-likeness (QED) is 0.284. The second-order valence-electron chi connectivity index (χ2n) is 7.56. The minimum absolute atomic E-state index is 0.632. The predicted octanol–water partition coefficient (Wildman–Crippen LogP) is 7.62. The van der Waals surface area contributed by atoms with E-state index >= 15 is 0 Å². The van der Waals surface area contributed by atoms with Gasteiger partial charge in [-0.15, -0.1) is 0 Å². The molecule has 3 rings (SSSR count). The molecule has 0 N–H and O–H groups in total. The van der Waals surface area contributed by atoms with Gasteiger partial charge in [0.25, 0.3) is 0 Å². The summed E-state index contributed by atoms with van der Waals surface area (Å²) >= 11 is 12.5. The lowest BCUT2D eigenvalue weighted by atomic mass is 10.1. The van der Waals surface area contributed by atoms with Crippen LogP contribution < -0.4 is 4.74 Å². The van der Waals surface area contributed by atoms with Crippen LogP contribution in [0.25, 0.3) is 11.3 Å². The first-order chi connectivity index (χ1) is 14.6. The number of hydrogen-bond acceptors (Lipinski definition) is 2. The fourth-order valence-electron chi connectivity index (χ4n) is 3.35. The lowest BCUT2D eigenvalue weighted by Crippen LogP contribution is -2.04. The maximum atomic E-state index is 6.42. The van der Waals surface area contributed by atoms with Crippen molar-refractivity contribution in [2.45, 2.75) is 58.9 Å². The molecule has 0 saturated heterocycles. The van der Waals surface area contributed by atoms with Gasteiger partial charge >= 0.3 is 0 Å². The molecule has 1 aromatic heterocycles. The Labute approximate surface area is 190 Å². The standard InChI is InChI=1S/C25H30Cl2N2O/c1-3-5-15-29-18-24(22-13-10-20(26)17-23(22)27)28-25(29)14-9-19-7-11-21(12-8-19)30-16-6-4-2/h7-8,10-13,17-18H,3-6,9,14-16H2,1-2H3. The number of nitrogens with zero attached hydrogens (tertiary/aromatic N) is 2. The van der Waals surface area contributed by atoms with E-state index in [0.29, 0.717) is 10.0 Å². The summed E-state index contributed by atoms with van der Waals surface area (Å²) < 4.78 is 8.03. The Morgan fingerprint density at radius 3 is 2.40 bits per heavy atom. The summed E-state index contributed by atoms with van der Waals surface area (Å²) in [5.41, 5.74) is 3.11.